The van der Waals surface area contributed by atoms with Gasteiger partial charge in [0.1, 0.15) is 19.0 Å². The van der Waals surface area contributed by atoms with Gasteiger partial charge in [-0.05, 0) is 23.1 Å². The van der Waals surface area contributed by atoms with Gasteiger partial charge >= 0.3 is 0 Å². The van der Waals surface area contributed by atoms with Crippen LogP contribution in [0.4, 0.5) is 0 Å². The van der Waals surface area contributed by atoms with Crippen LogP contribution in [0.1, 0.15) is 31.9 Å². The first-order chi connectivity index (χ1) is 11.5. The molecule has 0 aromatic heterocycles. The maximum atomic E-state index is 5.94. The van der Waals surface area contributed by atoms with E-state index in [1.807, 2.05) is 36.4 Å². The van der Waals surface area contributed by atoms with E-state index in [9.17, 15) is 0 Å². The van der Waals surface area contributed by atoms with Crippen molar-refractivity contribution < 1.29 is 14.2 Å². The Morgan fingerprint density at radius 2 is 1.54 bits per heavy atom. The van der Waals surface area contributed by atoms with Crippen LogP contribution in [0.25, 0.3) is 0 Å². The van der Waals surface area contributed by atoms with Crippen molar-refractivity contribution in [3.05, 3.63) is 53.6 Å². The topological polar surface area (TPSA) is 53.7 Å². The van der Waals surface area contributed by atoms with E-state index in [-0.39, 0.29) is 5.41 Å². The van der Waals surface area contributed by atoms with E-state index in [2.05, 4.69) is 26.8 Å². The summed E-state index contributed by atoms with van der Waals surface area (Å²) >= 11 is 0. The minimum Gasteiger partial charge on any atom is -0.493 e. The lowest BCUT2D eigenvalue weighted by Crippen LogP contribution is -2.16. The van der Waals surface area contributed by atoms with Gasteiger partial charge in [-0.3, -0.25) is 0 Å². The maximum absolute atomic E-state index is 5.94. The molecule has 2 aromatic rings. The first-order valence-corrected chi connectivity index (χ1v) is 8.18. The van der Waals surface area contributed by atoms with Gasteiger partial charge in [-0.1, -0.05) is 51.1 Å². The van der Waals surface area contributed by atoms with Crippen molar-refractivity contribution in [3.8, 4) is 17.2 Å². The second-order valence-electron chi connectivity index (χ2n) is 6.60. The van der Waals surface area contributed by atoms with Crippen LogP contribution in [0.5, 0.6) is 17.2 Å². The van der Waals surface area contributed by atoms with Crippen LogP contribution in [0.3, 0.4) is 0 Å². The van der Waals surface area contributed by atoms with Gasteiger partial charge in [0.2, 0.25) is 0 Å². The third-order valence-electron chi connectivity index (χ3n) is 3.78. The molecule has 0 aliphatic heterocycles. The predicted octanol–water partition coefficient (Wildman–Crippen LogP) is 3.91. The SMILES string of the molecule is COc1cccc(CN)c1OCCOc1ccccc1C(C)(C)C. The van der Waals surface area contributed by atoms with Crippen LogP contribution in [-0.2, 0) is 12.0 Å². The summed E-state index contributed by atoms with van der Waals surface area (Å²) in [6.07, 6.45) is 0. The molecule has 4 nitrogen and oxygen atoms in total. The summed E-state index contributed by atoms with van der Waals surface area (Å²) in [5.74, 6) is 2.27. The zero-order chi connectivity index (χ0) is 17.6. The van der Waals surface area contributed by atoms with Crippen LogP contribution >= 0.6 is 0 Å². The summed E-state index contributed by atoms with van der Waals surface area (Å²) in [5, 5.41) is 0. The van der Waals surface area contributed by atoms with Gasteiger partial charge in [0, 0.05) is 12.1 Å². The number of benzene rings is 2. The lowest BCUT2D eigenvalue weighted by Gasteiger charge is -2.22. The van der Waals surface area contributed by atoms with Gasteiger partial charge in [-0.25, -0.2) is 0 Å². The van der Waals surface area contributed by atoms with Gasteiger partial charge in [0.25, 0.3) is 0 Å². The van der Waals surface area contributed by atoms with E-state index in [4.69, 9.17) is 19.9 Å². The van der Waals surface area contributed by atoms with Crippen molar-refractivity contribution in [2.24, 2.45) is 5.73 Å². The summed E-state index contributed by atoms with van der Waals surface area (Å²) in [5.41, 5.74) is 7.91. The molecule has 0 spiro atoms. The second kappa shape index (κ2) is 8.06. The summed E-state index contributed by atoms with van der Waals surface area (Å²) in [4.78, 5) is 0. The van der Waals surface area contributed by atoms with Crippen LogP contribution in [0, 0.1) is 0 Å². The van der Waals surface area contributed by atoms with Crippen LogP contribution < -0.4 is 19.9 Å². The highest BCUT2D eigenvalue weighted by molar-refractivity contribution is 5.46. The number of hydrogen-bond acceptors (Lipinski definition) is 4. The Morgan fingerprint density at radius 3 is 2.21 bits per heavy atom. The highest BCUT2D eigenvalue weighted by atomic mass is 16.5. The molecule has 2 N–H and O–H groups in total. The summed E-state index contributed by atoms with van der Waals surface area (Å²) < 4.78 is 17.1. The van der Waals surface area contributed by atoms with E-state index in [1.165, 1.54) is 5.56 Å². The number of nitrogens with two attached hydrogens (primary N) is 1. The molecule has 0 saturated heterocycles. The van der Waals surface area contributed by atoms with E-state index >= 15 is 0 Å². The molecular formula is C20H27NO3. The monoisotopic (exact) mass is 329 g/mol. The van der Waals surface area contributed by atoms with E-state index in [0.29, 0.717) is 31.3 Å². The number of rotatable bonds is 7. The second-order valence-corrected chi connectivity index (χ2v) is 6.60. The van der Waals surface area contributed by atoms with Crippen molar-refractivity contribution in [2.45, 2.75) is 32.7 Å². The fourth-order valence-corrected chi connectivity index (χ4v) is 2.55. The highest BCUT2D eigenvalue weighted by Gasteiger charge is 2.18. The lowest BCUT2D eigenvalue weighted by atomic mass is 9.86. The molecule has 0 atom stereocenters. The zero-order valence-electron chi connectivity index (χ0n) is 15.0. The van der Waals surface area contributed by atoms with E-state index in [1.54, 1.807) is 7.11 Å². The third kappa shape index (κ3) is 4.42. The largest absolute Gasteiger partial charge is 0.493 e. The first-order valence-electron chi connectivity index (χ1n) is 8.18. The zero-order valence-corrected chi connectivity index (χ0v) is 15.0. The van der Waals surface area contributed by atoms with Gasteiger partial charge in [0.15, 0.2) is 11.5 Å². The molecule has 0 heterocycles. The molecule has 2 aromatic carbocycles. The highest BCUT2D eigenvalue weighted by Crippen LogP contribution is 2.32. The standard InChI is InChI=1S/C20H27NO3/c1-20(2,3)16-9-5-6-10-17(16)23-12-13-24-19-15(14-21)8-7-11-18(19)22-4/h5-11H,12-14,21H2,1-4H3. The Bertz CT molecular complexity index is 640. The molecule has 0 aliphatic carbocycles. The Hall–Kier alpha value is -2.20. The van der Waals surface area contributed by atoms with E-state index < -0.39 is 0 Å². The maximum Gasteiger partial charge on any atom is 0.165 e. The van der Waals surface area contributed by atoms with Gasteiger partial charge in [0.05, 0.1) is 7.11 Å². The smallest absolute Gasteiger partial charge is 0.165 e. The third-order valence-corrected chi connectivity index (χ3v) is 3.78. The molecule has 0 radical (unpaired) electrons. The molecule has 0 bridgehead atoms. The summed E-state index contributed by atoms with van der Waals surface area (Å²) in [7, 11) is 1.62. The minimum absolute atomic E-state index is 0.0345. The minimum atomic E-state index is 0.0345. The molecule has 0 unspecified atom stereocenters. The van der Waals surface area contributed by atoms with Gasteiger partial charge < -0.3 is 19.9 Å². The van der Waals surface area contributed by atoms with Crippen molar-refractivity contribution in [1.82, 2.24) is 0 Å². The number of ether oxygens (including phenoxy) is 3. The molecule has 4 heteroatoms. The van der Waals surface area contributed by atoms with Crippen LogP contribution in [0.2, 0.25) is 0 Å². The number of hydrogen-bond donors (Lipinski definition) is 1. The molecule has 0 aliphatic rings. The Kier molecular flexibility index (Phi) is 6.10. The predicted molar refractivity (Wildman–Crippen MR) is 97.0 cm³/mol. The fraction of sp³-hybridized carbons (Fsp3) is 0.400. The molecule has 130 valence electrons. The van der Waals surface area contributed by atoms with Crippen molar-refractivity contribution in [2.75, 3.05) is 20.3 Å². The first kappa shape index (κ1) is 18.1. The molecule has 2 rings (SSSR count). The lowest BCUT2D eigenvalue weighted by molar-refractivity contribution is 0.207. The average Bonchev–Trinajstić information content (AvgIpc) is 2.58. The van der Waals surface area contributed by atoms with Crippen LogP contribution in [0.15, 0.2) is 42.5 Å². The summed E-state index contributed by atoms with van der Waals surface area (Å²) in [6.45, 7) is 7.80. The molecular weight excluding hydrogens is 302 g/mol. The van der Waals surface area contributed by atoms with Crippen molar-refractivity contribution in [1.29, 1.82) is 0 Å². The Balaban J connectivity index is 2.00. The molecule has 0 fully saturated rings. The van der Waals surface area contributed by atoms with Crippen molar-refractivity contribution in [3.63, 3.8) is 0 Å². The number of para-hydroxylation sites is 2. The fourth-order valence-electron chi connectivity index (χ4n) is 2.55. The molecule has 0 saturated carbocycles. The Morgan fingerprint density at radius 1 is 0.875 bits per heavy atom. The van der Waals surface area contributed by atoms with Gasteiger partial charge in [-0.15, -0.1) is 0 Å². The van der Waals surface area contributed by atoms with Gasteiger partial charge in [-0.2, -0.15) is 0 Å². The molecule has 0 amide bonds. The van der Waals surface area contributed by atoms with E-state index in [0.717, 1.165) is 11.3 Å². The number of methoxy groups -OCH3 is 1. The van der Waals surface area contributed by atoms with Crippen LogP contribution in [-0.4, -0.2) is 20.3 Å². The Labute approximate surface area is 144 Å². The van der Waals surface area contributed by atoms with Crippen molar-refractivity contribution >= 4 is 0 Å². The molecule has 24 heavy (non-hydrogen) atoms. The summed E-state index contributed by atoms with van der Waals surface area (Å²) in [6, 6.07) is 13.8. The quantitative estimate of drug-likeness (QED) is 0.783. The average molecular weight is 329 g/mol. The normalized spacial score (nSPS) is 11.2.